The van der Waals surface area contributed by atoms with Crippen LogP contribution in [0.1, 0.15) is 37.3 Å². The van der Waals surface area contributed by atoms with Gasteiger partial charge in [0.25, 0.3) is 0 Å². The maximum absolute atomic E-state index is 11.8. The Morgan fingerprint density at radius 3 is 2.42 bits per heavy atom. The van der Waals surface area contributed by atoms with Crippen LogP contribution in [0.4, 0.5) is 0 Å². The highest BCUT2D eigenvalue weighted by atomic mass is 35.5. The molecule has 24 heavy (non-hydrogen) atoms. The minimum atomic E-state index is -0.230. The minimum Gasteiger partial charge on any atom is -0.469 e. The van der Waals surface area contributed by atoms with Gasteiger partial charge in [-0.25, -0.2) is 0 Å². The van der Waals surface area contributed by atoms with Crippen LogP contribution in [-0.2, 0) is 9.53 Å². The van der Waals surface area contributed by atoms with E-state index in [0.717, 1.165) is 22.0 Å². The lowest BCUT2D eigenvalue weighted by atomic mass is 9.88. The van der Waals surface area contributed by atoms with Crippen molar-refractivity contribution in [3.8, 4) is 0 Å². The SMILES string of the molecule is CC.COC(=O)CC(c1ccc(Cl)cc1)c1ccc2cc[nH]c2c1. The smallest absolute Gasteiger partial charge is 0.306 e. The highest BCUT2D eigenvalue weighted by Gasteiger charge is 2.19. The fraction of sp³-hybridized carbons (Fsp3) is 0.250. The molecular weight excluding hydrogens is 322 g/mol. The third-order valence-corrected chi connectivity index (χ3v) is 4.10. The molecule has 0 saturated heterocycles. The monoisotopic (exact) mass is 343 g/mol. The van der Waals surface area contributed by atoms with Gasteiger partial charge in [0, 0.05) is 22.7 Å². The van der Waals surface area contributed by atoms with Gasteiger partial charge in [0.2, 0.25) is 0 Å². The Balaban J connectivity index is 0.00000100. The number of hydrogen-bond acceptors (Lipinski definition) is 2. The molecule has 3 aromatic rings. The molecule has 3 nitrogen and oxygen atoms in total. The second-order valence-corrected chi connectivity index (χ2v) is 5.65. The number of carbonyl (C=O) groups is 1. The number of fused-ring (bicyclic) bond motifs is 1. The first kappa shape index (κ1) is 18.1. The summed E-state index contributed by atoms with van der Waals surface area (Å²) in [6.07, 6.45) is 2.20. The second-order valence-electron chi connectivity index (χ2n) is 5.21. The molecule has 0 radical (unpaired) electrons. The summed E-state index contributed by atoms with van der Waals surface area (Å²) in [5.74, 6) is -0.288. The Kier molecular flexibility index (Phi) is 6.44. The maximum atomic E-state index is 11.8. The Hall–Kier alpha value is -2.26. The zero-order chi connectivity index (χ0) is 17.5. The Morgan fingerprint density at radius 2 is 1.75 bits per heavy atom. The number of ether oxygens (including phenoxy) is 1. The number of esters is 1. The Bertz CT molecular complexity index is 793. The maximum Gasteiger partial charge on any atom is 0.306 e. The van der Waals surface area contributed by atoms with Crippen molar-refractivity contribution >= 4 is 28.5 Å². The van der Waals surface area contributed by atoms with Crippen molar-refractivity contribution in [3.05, 3.63) is 70.9 Å². The first-order valence-electron chi connectivity index (χ1n) is 8.06. The number of halogens is 1. The number of aromatic amines is 1. The predicted molar refractivity (Wildman–Crippen MR) is 99.6 cm³/mol. The van der Waals surface area contributed by atoms with Gasteiger partial charge in [0.1, 0.15) is 0 Å². The third kappa shape index (κ3) is 4.18. The van der Waals surface area contributed by atoms with E-state index in [1.54, 1.807) is 0 Å². The lowest BCUT2D eigenvalue weighted by molar-refractivity contribution is -0.140. The standard InChI is InChI=1S/C18H16ClNO2.C2H6/c1-22-18(21)11-16(12-4-6-15(19)7-5-12)14-3-2-13-8-9-20-17(13)10-14;1-2/h2-10,16,20H,11H2,1H3;1-2H3. The third-order valence-electron chi connectivity index (χ3n) is 3.85. The second kappa shape index (κ2) is 8.55. The first-order chi connectivity index (χ1) is 11.7. The van der Waals surface area contributed by atoms with Gasteiger partial charge in [-0.2, -0.15) is 0 Å². The number of carbonyl (C=O) groups excluding carboxylic acids is 1. The van der Waals surface area contributed by atoms with Crippen LogP contribution in [0, 0.1) is 0 Å². The molecule has 1 heterocycles. The summed E-state index contributed by atoms with van der Waals surface area (Å²) in [5, 5.41) is 1.83. The van der Waals surface area contributed by atoms with Gasteiger partial charge in [0.15, 0.2) is 0 Å². The lowest BCUT2D eigenvalue weighted by Crippen LogP contribution is -2.10. The average Bonchev–Trinajstić information content (AvgIpc) is 3.09. The van der Waals surface area contributed by atoms with Crippen LogP contribution in [0.25, 0.3) is 10.9 Å². The number of aromatic nitrogens is 1. The Morgan fingerprint density at radius 1 is 1.08 bits per heavy atom. The fourth-order valence-electron chi connectivity index (χ4n) is 2.66. The topological polar surface area (TPSA) is 42.1 Å². The number of nitrogens with one attached hydrogen (secondary N) is 1. The van der Waals surface area contributed by atoms with Gasteiger partial charge in [-0.1, -0.05) is 49.7 Å². The van der Waals surface area contributed by atoms with Crippen LogP contribution in [0.5, 0.6) is 0 Å². The Labute approximate surface area is 147 Å². The molecule has 1 aromatic heterocycles. The van der Waals surface area contributed by atoms with Gasteiger partial charge in [-0.05, 0) is 40.8 Å². The highest BCUT2D eigenvalue weighted by molar-refractivity contribution is 6.30. The minimum absolute atomic E-state index is 0.0579. The molecule has 3 rings (SSSR count). The van der Waals surface area contributed by atoms with Crippen LogP contribution in [0.15, 0.2) is 54.7 Å². The van der Waals surface area contributed by atoms with Crippen LogP contribution in [0.2, 0.25) is 5.02 Å². The summed E-state index contributed by atoms with van der Waals surface area (Å²) in [5.41, 5.74) is 3.17. The van der Waals surface area contributed by atoms with Crippen LogP contribution < -0.4 is 0 Å². The molecule has 0 amide bonds. The lowest BCUT2D eigenvalue weighted by Gasteiger charge is -2.17. The molecule has 0 aliphatic carbocycles. The zero-order valence-electron chi connectivity index (χ0n) is 14.2. The van der Waals surface area contributed by atoms with Crippen molar-refractivity contribution in [1.29, 1.82) is 0 Å². The molecule has 0 spiro atoms. The largest absolute Gasteiger partial charge is 0.469 e. The van der Waals surface area contributed by atoms with Gasteiger partial charge in [0.05, 0.1) is 13.5 Å². The van der Waals surface area contributed by atoms with E-state index in [-0.39, 0.29) is 11.9 Å². The van der Waals surface area contributed by atoms with Crippen molar-refractivity contribution in [2.45, 2.75) is 26.2 Å². The quantitative estimate of drug-likeness (QED) is 0.632. The van der Waals surface area contributed by atoms with E-state index in [1.165, 1.54) is 7.11 Å². The van der Waals surface area contributed by atoms with E-state index in [2.05, 4.69) is 23.2 Å². The number of methoxy groups -OCH3 is 1. The summed E-state index contributed by atoms with van der Waals surface area (Å²) in [4.78, 5) is 15.0. The van der Waals surface area contributed by atoms with Crippen molar-refractivity contribution < 1.29 is 9.53 Å². The molecule has 1 N–H and O–H groups in total. The molecule has 0 aliphatic rings. The summed E-state index contributed by atoms with van der Waals surface area (Å²) < 4.78 is 4.85. The average molecular weight is 344 g/mol. The molecule has 1 atom stereocenters. The van der Waals surface area contributed by atoms with Gasteiger partial charge in [-0.15, -0.1) is 0 Å². The molecule has 4 heteroatoms. The summed E-state index contributed by atoms with van der Waals surface area (Å²) >= 11 is 5.96. The van der Waals surface area contributed by atoms with Gasteiger partial charge in [-0.3, -0.25) is 4.79 Å². The van der Waals surface area contributed by atoms with E-state index >= 15 is 0 Å². The zero-order valence-corrected chi connectivity index (χ0v) is 14.9. The van der Waals surface area contributed by atoms with Crippen LogP contribution in [0.3, 0.4) is 0 Å². The summed E-state index contributed by atoms with van der Waals surface area (Å²) in [6, 6.07) is 15.8. The number of hydrogen-bond donors (Lipinski definition) is 1. The number of H-pyrrole nitrogens is 1. The van der Waals surface area contributed by atoms with Crippen molar-refractivity contribution in [2.24, 2.45) is 0 Å². The van der Waals surface area contributed by atoms with Crippen molar-refractivity contribution in [2.75, 3.05) is 7.11 Å². The van der Waals surface area contributed by atoms with E-state index in [4.69, 9.17) is 16.3 Å². The molecule has 1 unspecified atom stereocenters. The fourth-order valence-corrected chi connectivity index (χ4v) is 2.78. The molecule has 2 aromatic carbocycles. The first-order valence-corrected chi connectivity index (χ1v) is 8.44. The molecular formula is C20H22ClNO2. The van der Waals surface area contributed by atoms with Gasteiger partial charge >= 0.3 is 5.97 Å². The number of benzene rings is 2. The summed E-state index contributed by atoms with van der Waals surface area (Å²) in [7, 11) is 1.41. The predicted octanol–water partition coefficient (Wildman–Crippen LogP) is 5.54. The van der Waals surface area contributed by atoms with E-state index in [0.29, 0.717) is 11.4 Å². The van der Waals surface area contributed by atoms with E-state index in [9.17, 15) is 4.79 Å². The van der Waals surface area contributed by atoms with Crippen molar-refractivity contribution in [3.63, 3.8) is 0 Å². The normalized spacial score (nSPS) is 11.5. The highest BCUT2D eigenvalue weighted by Crippen LogP contribution is 2.31. The van der Waals surface area contributed by atoms with Crippen LogP contribution >= 0.6 is 11.6 Å². The molecule has 0 bridgehead atoms. The van der Waals surface area contributed by atoms with E-state index < -0.39 is 0 Å². The summed E-state index contributed by atoms with van der Waals surface area (Å²) in [6.45, 7) is 4.00. The molecule has 0 aliphatic heterocycles. The molecule has 0 saturated carbocycles. The molecule has 126 valence electrons. The van der Waals surface area contributed by atoms with Gasteiger partial charge < -0.3 is 9.72 Å². The number of rotatable bonds is 4. The van der Waals surface area contributed by atoms with Crippen LogP contribution in [-0.4, -0.2) is 18.1 Å². The molecule has 0 fully saturated rings. The van der Waals surface area contributed by atoms with Crippen molar-refractivity contribution in [1.82, 2.24) is 4.98 Å². The van der Waals surface area contributed by atoms with E-state index in [1.807, 2.05) is 50.4 Å².